The molecule has 9 nitrogen and oxygen atoms in total. The van der Waals surface area contributed by atoms with E-state index in [2.05, 4.69) is 14.9 Å². The van der Waals surface area contributed by atoms with E-state index in [0.29, 0.717) is 54.6 Å². The third-order valence-corrected chi connectivity index (χ3v) is 10.2. The zero-order chi connectivity index (χ0) is 36.7. The Kier molecular flexibility index (Phi) is 10.3. The largest absolute Gasteiger partial charge is 0.481 e. The summed E-state index contributed by atoms with van der Waals surface area (Å²) in [5.74, 6) is -1.61. The summed E-state index contributed by atoms with van der Waals surface area (Å²) in [5, 5.41) is 19.8. The number of alkyl halides is 3. The van der Waals surface area contributed by atoms with Crippen molar-refractivity contribution in [2.24, 2.45) is 5.92 Å². The molecule has 0 radical (unpaired) electrons. The number of nitrogens with zero attached hydrogens (tertiary/aromatic N) is 4. The highest BCUT2D eigenvalue weighted by Crippen LogP contribution is 2.45. The van der Waals surface area contributed by atoms with Crippen LogP contribution in [0.2, 0.25) is 5.02 Å². The first kappa shape index (κ1) is 36.5. The van der Waals surface area contributed by atoms with Crippen molar-refractivity contribution in [2.45, 2.75) is 70.2 Å². The summed E-state index contributed by atoms with van der Waals surface area (Å²) in [6.07, 6.45) is -3.44. The molecule has 0 saturated carbocycles. The van der Waals surface area contributed by atoms with Crippen molar-refractivity contribution >= 4 is 17.6 Å². The summed E-state index contributed by atoms with van der Waals surface area (Å²) in [6.45, 7) is 5.03. The van der Waals surface area contributed by atoms with Crippen molar-refractivity contribution in [3.05, 3.63) is 87.3 Å². The number of methoxy groups -OCH3 is 2. The summed E-state index contributed by atoms with van der Waals surface area (Å²) < 4.78 is 54.1. The molecule has 2 atom stereocenters. The van der Waals surface area contributed by atoms with E-state index in [9.17, 15) is 28.2 Å². The third kappa shape index (κ3) is 7.68. The van der Waals surface area contributed by atoms with E-state index >= 15 is 0 Å². The summed E-state index contributed by atoms with van der Waals surface area (Å²) in [6, 6.07) is 15.4. The maximum absolute atomic E-state index is 14.4. The van der Waals surface area contributed by atoms with Gasteiger partial charge in [0.05, 0.1) is 42.1 Å². The number of carboxylic acids is 1. The van der Waals surface area contributed by atoms with E-state index < -0.39 is 29.4 Å². The fourth-order valence-electron chi connectivity index (χ4n) is 7.22. The van der Waals surface area contributed by atoms with Gasteiger partial charge in [0.1, 0.15) is 5.69 Å². The van der Waals surface area contributed by atoms with E-state index in [-0.39, 0.29) is 42.4 Å². The molecule has 0 bridgehead atoms. The minimum Gasteiger partial charge on any atom is -0.481 e. The highest BCUT2D eigenvalue weighted by Gasteiger charge is 2.39. The Balaban J connectivity index is 1.28. The average molecular weight is 725 g/mol. The Morgan fingerprint density at radius 1 is 1.00 bits per heavy atom. The topological polar surface area (TPSA) is 118 Å². The Labute approximate surface area is 299 Å². The van der Waals surface area contributed by atoms with Gasteiger partial charge in [0.15, 0.2) is 5.69 Å². The van der Waals surface area contributed by atoms with E-state index in [1.54, 1.807) is 7.11 Å². The van der Waals surface area contributed by atoms with Crippen LogP contribution in [0.4, 0.5) is 13.2 Å². The van der Waals surface area contributed by atoms with Crippen molar-refractivity contribution in [1.29, 1.82) is 0 Å². The van der Waals surface area contributed by atoms with Gasteiger partial charge in [-0.25, -0.2) is 15.0 Å². The summed E-state index contributed by atoms with van der Waals surface area (Å²) in [7, 11) is 2.89. The number of likely N-dealkylation sites (tertiary alicyclic amines) is 1. The molecular weight excluding hydrogens is 685 g/mol. The van der Waals surface area contributed by atoms with Gasteiger partial charge in [0.25, 0.3) is 0 Å². The van der Waals surface area contributed by atoms with Crippen molar-refractivity contribution < 1.29 is 37.7 Å². The summed E-state index contributed by atoms with van der Waals surface area (Å²) in [4.78, 5) is 26.4. The number of aryl methyl sites for hydroxylation is 1. The third-order valence-electron chi connectivity index (χ3n) is 9.76. The van der Waals surface area contributed by atoms with E-state index in [1.807, 2.05) is 55.5 Å². The lowest BCUT2D eigenvalue weighted by Crippen LogP contribution is -2.59. The molecule has 3 heterocycles. The van der Waals surface area contributed by atoms with E-state index in [0.717, 1.165) is 27.8 Å². The molecule has 1 aliphatic carbocycles. The lowest BCUT2D eigenvalue weighted by atomic mass is 9.91. The molecule has 13 heteroatoms. The van der Waals surface area contributed by atoms with E-state index in [1.165, 1.54) is 14.0 Å². The predicted molar refractivity (Wildman–Crippen MR) is 186 cm³/mol. The van der Waals surface area contributed by atoms with Crippen molar-refractivity contribution in [2.75, 3.05) is 27.3 Å². The molecule has 0 amide bonds. The number of rotatable bonds is 12. The number of aliphatic hydroxyl groups is 1. The second kappa shape index (κ2) is 14.4. The maximum atomic E-state index is 14.4. The SMILES string of the molecule is COc1nc(-c2cccc(-c3cccc4c3CC[C@@H]4Cc3nc(OC)c(CC[C@@H](C)C(=O)O)nc3C(F)(F)F)c2Cl)ccc1CN1CC(C)(O)C1. The van der Waals surface area contributed by atoms with Crippen LogP contribution in [0.5, 0.6) is 11.8 Å². The number of aliphatic carboxylic acids is 1. The van der Waals surface area contributed by atoms with Crippen molar-refractivity contribution in [3.8, 4) is 34.1 Å². The number of fused-ring (bicyclic) bond motifs is 1. The number of aromatic nitrogens is 3. The number of ether oxygens (including phenoxy) is 2. The Morgan fingerprint density at radius 2 is 1.69 bits per heavy atom. The van der Waals surface area contributed by atoms with Crippen molar-refractivity contribution in [3.63, 3.8) is 0 Å². The lowest BCUT2D eigenvalue weighted by molar-refractivity contribution is -0.143. The van der Waals surface area contributed by atoms with Gasteiger partial charge in [-0.3, -0.25) is 9.69 Å². The molecule has 2 N–H and O–H groups in total. The second-order valence-corrected chi connectivity index (χ2v) is 14.1. The van der Waals surface area contributed by atoms with Gasteiger partial charge in [-0.05, 0) is 67.7 Å². The molecule has 1 saturated heterocycles. The van der Waals surface area contributed by atoms with Crippen LogP contribution in [-0.2, 0) is 36.8 Å². The highest BCUT2D eigenvalue weighted by atomic mass is 35.5. The van der Waals surface area contributed by atoms with Crippen LogP contribution >= 0.6 is 11.6 Å². The molecule has 2 aromatic carbocycles. The van der Waals surface area contributed by atoms with Gasteiger partial charge in [-0.1, -0.05) is 61.0 Å². The van der Waals surface area contributed by atoms with Crippen LogP contribution < -0.4 is 9.47 Å². The summed E-state index contributed by atoms with van der Waals surface area (Å²) in [5.41, 5.74) is 3.90. The normalized spacial score (nSPS) is 17.5. The second-order valence-electron chi connectivity index (χ2n) is 13.7. The van der Waals surface area contributed by atoms with Gasteiger partial charge in [-0.15, -0.1) is 0 Å². The van der Waals surface area contributed by atoms with Gasteiger partial charge >= 0.3 is 12.1 Å². The van der Waals surface area contributed by atoms with E-state index in [4.69, 9.17) is 26.1 Å². The first-order chi connectivity index (χ1) is 24.2. The predicted octanol–water partition coefficient (Wildman–Crippen LogP) is 7.39. The van der Waals surface area contributed by atoms with Crippen LogP contribution in [0, 0.1) is 5.92 Å². The Bertz CT molecular complexity index is 1950. The fourth-order valence-corrected chi connectivity index (χ4v) is 7.55. The number of carboxylic acid groups (broad SMARTS) is 1. The van der Waals surface area contributed by atoms with Crippen LogP contribution in [0.1, 0.15) is 66.4 Å². The molecule has 0 spiro atoms. The number of benzene rings is 2. The van der Waals surface area contributed by atoms with Gasteiger partial charge < -0.3 is 19.7 Å². The molecule has 4 aromatic rings. The zero-order valence-electron chi connectivity index (χ0n) is 28.9. The number of hydrogen-bond donors (Lipinski definition) is 2. The molecule has 1 aliphatic heterocycles. The fraction of sp³-hybridized carbons (Fsp3) is 0.421. The average Bonchev–Trinajstić information content (AvgIpc) is 3.49. The smallest absolute Gasteiger partial charge is 0.435 e. The molecule has 6 rings (SSSR count). The zero-order valence-corrected chi connectivity index (χ0v) is 29.6. The van der Waals surface area contributed by atoms with Crippen LogP contribution in [-0.4, -0.2) is 68.9 Å². The Morgan fingerprint density at radius 3 is 2.35 bits per heavy atom. The number of hydrogen-bond acceptors (Lipinski definition) is 8. The number of pyridine rings is 1. The van der Waals surface area contributed by atoms with Crippen LogP contribution in [0.25, 0.3) is 22.4 Å². The first-order valence-corrected chi connectivity index (χ1v) is 17.2. The van der Waals surface area contributed by atoms with Gasteiger partial charge in [0, 0.05) is 36.3 Å². The molecule has 1 fully saturated rings. The maximum Gasteiger partial charge on any atom is 0.435 e. The molecule has 0 unspecified atom stereocenters. The number of β-amino-alcohol motifs (C(OH)–C–C–N with tert-alkyl or cyclic N) is 1. The highest BCUT2D eigenvalue weighted by molar-refractivity contribution is 6.36. The minimum absolute atomic E-state index is 0.000720. The van der Waals surface area contributed by atoms with Gasteiger partial charge in [0.2, 0.25) is 11.8 Å². The van der Waals surface area contributed by atoms with Crippen molar-refractivity contribution in [1.82, 2.24) is 19.9 Å². The molecular formula is C38H40ClF3N4O5. The first-order valence-electron chi connectivity index (χ1n) is 16.8. The standard InChI is InChI=1S/C38H40ClF3N4O5/c1-21(36(47)48)11-15-30-35(51-4)45-31(33(43-30)38(40,41)42)17-22-12-14-26-24(22)7-5-8-25(26)27-9-6-10-28(32(27)39)29-16-13-23(34(44-29)50-3)18-46-19-37(2,49)20-46/h5-10,13,16,21-22,49H,11-12,14-15,17-20H2,1-4H3,(H,47,48)/t21-,22-/m1/s1. The quantitative estimate of drug-likeness (QED) is 0.154. The Hall–Kier alpha value is -4.26. The molecule has 51 heavy (non-hydrogen) atoms. The molecule has 2 aliphatic rings. The molecule has 2 aromatic heterocycles. The molecule has 270 valence electrons. The monoisotopic (exact) mass is 724 g/mol. The van der Waals surface area contributed by atoms with Crippen LogP contribution in [0.3, 0.4) is 0 Å². The number of halogens is 4. The summed E-state index contributed by atoms with van der Waals surface area (Å²) >= 11 is 7.10. The van der Waals surface area contributed by atoms with Gasteiger partial charge in [-0.2, -0.15) is 13.2 Å². The minimum atomic E-state index is -4.76. The van der Waals surface area contributed by atoms with Crippen LogP contribution in [0.15, 0.2) is 48.5 Å². The number of carbonyl (C=O) groups is 1. The lowest BCUT2D eigenvalue weighted by Gasteiger charge is -2.44.